The first-order chi connectivity index (χ1) is 13.2. The van der Waals surface area contributed by atoms with E-state index >= 15 is 0 Å². The van der Waals surface area contributed by atoms with E-state index in [1.54, 1.807) is 6.92 Å². The van der Waals surface area contributed by atoms with Gasteiger partial charge in [0.25, 0.3) is 12.0 Å². The van der Waals surface area contributed by atoms with Crippen LogP contribution in [0.3, 0.4) is 0 Å². The van der Waals surface area contributed by atoms with Gasteiger partial charge in [-0.1, -0.05) is 18.2 Å². The second-order valence-electron chi connectivity index (χ2n) is 6.24. The maximum absolute atomic E-state index is 14.4. The first-order valence-electron chi connectivity index (χ1n) is 8.27. The van der Waals surface area contributed by atoms with Crippen LogP contribution in [0, 0.1) is 5.82 Å². The molecule has 0 saturated carbocycles. The van der Waals surface area contributed by atoms with Crippen molar-refractivity contribution >= 4 is 22.7 Å². The second kappa shape index (κ2) is 7.34. The third-order valence-electron chi connectivity index (χ3n) is 4.47. The number of aryl methyl sites for hydroxylation is 1. The van der Waals surface area contributed by atoms with E-state index < -0.39 is 40.9 Å². The number of rotatable bonds is 5. The number of nitrogens with one attached hydrogen (secondary N) is 1. The molecule has 146 valence electrons. The van der Waals surface area contributed by atoms with Crippen molar-refractivity contribution in [1.29, 1.82) is 0 Å². The van der Waals surface area contributed by atoms with Gasteiger partial charge in [-0.05, 0) is 19.1 Å². The summed E-state index contributed by atoms with van der Waals surface area (Å²) in [7, 11) is 1.39. The van der Waals surface area contributed by atoms with Gasteiger partial charge in [-0.15, -0.1) is 0 Å². The molecule has 9 heteroatoms. The molecule has 2 aromatic heterocycles. The van der Waals surface area contributed by atoms with E-state index in [0.29, 0.717) is 11.1 Å². The Morgan fingerprint density at radius 2 is 1.93 bits per heavy atom. The number of aromatic nitrogens is 2. The highest BCUT2D eigenvalue weighted by Gasteiger charge is 2.21. The predicted molar refractivity (Wildman–Crippen MR) is 97.3 cm³/mol. The number of hydrogen-bond donors (Lipinski definition) is 2. The van der Waals surface area contributed by atoms with Crippen LogP contribution in [0.15, 0.2) is 41.3 Å². The van der Waals surface area contributed by atoms with Gasteiger partial charge in [0.1, 0.15) is 17.0 Å². The molecule has 3 rings (SSSR count). The van der Waals surface area contributed by atoms with Gasteiger partial charge in [0.15, 0.2) is 0 Å². The molecule has 0 fully saturated rings. The molecule has 6 nitrogen and oxygen atoms in total. The lowest BCUT2D eigenvalue weighted by Crippen LogP contribution is -2.25. The number of hydrogen-bond acceptors (Lipinski definition) is 4. The van der Waals surface area contributed by atoms with Crippen molar-refractivity contribution in [2.45, 2.75) is 19.4 Å². The van der Waals surface area contributed by atoms with Crippen molar-refractivity contribution < 1.29 is 23.1 Å². The molecule has 2 heterocycles. The number of carboxylic acids is 1. The Bertz CT molecular complexity index is 1130. The third-order valence-corrected chi connectivity index (χ3v) is 4.47. The lowest BCUT2D eigenvalue weighted by molar-refractivity contribution is 0.0694. The Hall–Kier alpha value is -3.36. The van der Waals surface area contributed by atoms with Crippen molar-refractivity contribution in [3.63, 3.8) is 0 Å². The van der Waals surface area contributed by atoms with Gasteiger partial charge < -0.3 is 10.4 Å². The summed E-state index contributed by atoms with van der Waals surface area (Å²) in [5, 5.41) is 12.6. The quantitative estimate of drug-likeness (QED) is 0.690. The SMILES string of the molecule is C[C@@H](Nc1ccnc2c1cc(C(=O)O)c(=O)n2C)c1cccc(C(F)F)c1F. The molecule has 0 aliphatic rings. The van der Waals surface area contributed by atoms with Crippen LogP contribution >= 0.6 is 0 Å². The predicted octanol–water partition coefficient (Wildman–Crippen LogP) is 3.88. The molecule has 1 atom stereocenters. The molecule has 3 aromatic rings. The third kappa shape index (κ3) is 3.30. The summed E-state index contributed by atoms with van der Waals surface area (Å²) in [6, 6.07) is 5.76. The van der Waals surface area contributed by atoms with Gasteiger partial charge in [-0.2, -0.15) is 0 Å². The van der Waals surface area contributed by atoms with Crippen LogP contribution < -0.4 is 10.9 Å². The maximum Gasteiger partial charge on any atom is 0.341 e. The van der Waals surface area contributed by atoms with Gasteiger partial charge in [-0.25, -0.2) is 22.9 Å². The molecule has 1 aromatic carbocycles. The van der Waals surface area contributed by atoms with Crippen LogP contribution in [0.4, 0.5) is 18.9 Å². The Balaban J connectivity index is 2.09. The number of aromatic carboxylic acids is 1. The average molecular weight is 391 g/mol. The van der Waals surface area contributed by atoms with E-state index in [2.05, 4.69) is 10.3 Å². The fraction of sp³-hybridized carbons (Fsp3) is 0.211. The Labute approximate surface area is 157 Å². The number of halogens is 3. The first kappa shape index (κ1) is 19.4. The fourth-order valence-corrected chi connectivity index (χ4v) is 3.02. The van der Waals surface area contributed by atoms with Gasteiger partial charge >= 0.3 is 5.97 Å². The zero-order valence-corrected chi connectivity index (χ0v) is 14.9. The standard InChI is InChI=1S/C19H16F3N3O3/c1-9(10-4-3-5-11(15(10)20)16(21)22)24-14-6-7-23-17-12(14)8-13(19(27)28)18(26)25(17)2/h3-9,16H,1-2H3,(H,23,24)(H,27,28)/t9-/m1/s1. The van der Waals surface area contributed by atoms with Gasteiger partial charge in [0, 0.05) is 29.9 Å². The molecule has 0 aliphatic carbocycles. The number of carbonyl (C=O) groups is 1. The number of nitrogens with zero attached hydrogens (tertiary/aromatic N) is 2. The number of alkyl halides is 2. The van der Waals surface area contributed by atoms with Crippen molar-refractivity contribution in [3.05, 3.63) is 69.4 Å². The van der Waals surface area contributed by atoms with E-state index in [1.165, 1.54) is 37.5 Å². The summed E-state index contributed by atoms with van der Waals surface area (Å²) in [6.07, 6.45) is -1.54. The van der Waals surface area contributed by atoms with Crippen molar-refractivity contribution in [2.75, 3.05) is 5.32 Å². The Morgan fingerprint density at radius 1 is 1.25 bits per heavy atom. The normalized spacial score (nSPS) is 12.4. The van der Waals surface area contributed by atoms with Crippen LogP contribution in [-0.2, 0) is 7.05 Å². The Morgan fingerprint density at radius 3 is 2.57 bits per heavy atom. The lowest BCUT2D eigenvalue weighted by Gasteiger charge is -2.19. The highest BCUT2D eigenvalue weighted by atomic mass is 19.3. The maximum atomic E-state index is 14.4. The van der Waals surface area contributed by atoms with Crippen LogP contribution in [0.1, 0.15) is 40.9 Å². The molecule has 0 saturated heterocycles. The van der Waals surface area contributed by atoms with E-state index in [9.17, 15) is 27.9 Å². The molecular weight excluding hydrogens is 375 g/mol. The van der Waals surface area contributed by atoms with Crippen molar-refractivity contribution in [1.82, 2.24) is 9.55 Å². The minimum absolute atomic E-state index is 0.0334. The van der Waals surface area contributed by atoms with E-state index in [1.807, 2.05) is 0 Å². The molecule has 0 amide bonds. The smallest absolute Gasteiger partial charge is 0.341 e. The molecule has 2 N–H and O–H groups in total. The number of pyridine rings is 2. The molecule has 0 spiro atoms. The summed E-state index contributed by atoms with van der Waals surface area (Å²) >= 11 is 0. The lowest BCUT2D eigenvalue weighted by atomic mass is 10.0. The minimum atomic E-state index is -2.94. The molecule has 0 unspecified atom stereocenters. The first-order valence-corrected chi connectivity index (χ1v) is 8.27. The van der Waals surface area contributed by atoms with Gasteiger partial charge in [0.05, 0.1) is 11.6 Å². The summed E-state index contributed by atoms with van der Waals surface area (Å²) in [5.41, 5.74) is -1.20. The number of benzene rings is 1. The highest BCUT2D eigenvalue weighted by Crippen LogP contribution is 2.30. The van der Waals surface area contributed by atoms with Crippen LogP contribution in [-0.4, -0.2) is 20.6 Å². The van der Waals surface area contributed by atoms with Crippen molar-refractivity contribution in [2.24, 2.45) is 7.05 Å². The van der Waals surface area contributed by atoms with E-state index in [0.717, 1.165) is 10.6 Å². The molecule has 28 heavy (non-hydrogen) atoms. The Kier molecular flexibility index (Phi) is 5.08. The average Bonchev–Trinajstić information content (AvgIpc) is 2.64. The summed E-state index contributed by atoms with van der Waals surface area (Å²) in [4.78, 5) is 27.6. The van der Waals surface area contributed by atoms with Gasteiger partial charge in [0.2, 0.25) is 0 Å². The highest BCUT2D eigenvalue weighted by molar-refractivity contribution is 5.96. The van der Waals surface area contributed by atoms with Crippen molar-refractivity contribution in [3.8, 4) is 0 Å². The monoisotopic (exact) mass is 391 g/mol. The number of carboxylic acid groups (broad SMARTS) is 1. The largest absolute Gasteiger partial charge is 0.477 e. The second-order valence-corrected chi connectivity index (χ2v) is 6.24. The molecule has 0 aliphatic heterocycles. The topological polar surface area (TPSA) is 84.2 Å². The van der Waals surface area contributed by atoms with Gasteiger partial charge in [-0.3, -0.25) is 9.36 Å². The zero-order valence-electron chi connectivity index (χ0n) is 14.9. The van der Waals surface area contributed by atoms with E-state index in [-0.39, 0.29) is 11.2 Å². The number of anilines is 1. The summed E-state index contributed by atoms with van der Waals surface area (Å²) < 4.78 is 41.4. The fourth-order valence-electron chi connectivity index (χ4n) is 3.02. The van der Waals surface area contributed by atoms with E-state index in [4.69, 9.17) is 0 Å². The summed E-state index contributed by atoms with van der Waals surface area (Å²) in [5.74, 6) is -2.39. The van der Waals surface area contributed by atoms with Crippen LogP contribution in [0.25, 0.3) is 11.0 Å². The van der Waals surface area contributed by atoms with Crippen LogP contribution in [0.5, 0.6) is 0 Å². The molecule has 0 bridgehead atoms. The molecule has 0 radical (unpaired) electrons. The minimum Gasteiger partial charge on any atom is -0.477 e. The number of fused-ring (bicyclic) bond motifs is 1. The summed E-state index contributed by atoms with van der Waals surface area (Å²) in [6.45, 7) is 1.58. The molecular formula is C19H16F3N3O3. The zero-order chi connectivity index (χ0) is 20.6. The van der Waals surface area contributed by atoms with Crippen LogP contribution in [0.2, 0.25) is 0 Å².